The number of hydrogen-bond donors (Lipinski definition) is 1. The van der Waals surface area contributed by atoms with Gasteiger partial charge in [-0.2, -0.15) is 0 Å². The van der Waals surface area contributed by atoms with Gasteiger partial charge in [0.2, 0.25) is 0 Å². The molecule has 5 heteroatoms. The van der Waals surface area contributed by atoms with Crippen LogP contribution in [0.15, 0.2) is 12.1 Å². The minimum Gasteiger partial charge on any atom is -0.316 e. The van der Waals surface area contributed by atoms with Crippen molar-refractivity contribution >= 4 is 24.0 Å². The molecule has 0 aliphatic rings. The Bertz CT molecular complexity index is 292. The smallest absolute Gasteiger partial charge is 0.149 e. The molecule has 74 valence electrons. The highest BCUT2D eigenvalue weighted by atomic mass is 35.5. The molecule has 1 N–H and O–H groups in total. The summed E-state index contributed by atoms with van der Waals surface area (Å²) in [6.07, 6.45) is 0. The first-order valence-corrected chi connectivity index (χ1v) is 3.81. The van der Waals surface area contributed by atoms with E-state index in [1.165, 1.54) is 6.07 Å². The lowest BCUT2D eigenvalue weighted by Gasteiger charge is -2.03. The maximum absolute atomic E-state index is 13.0. The van der Waals surface area contributed by atoms with Crippen molar-refractivity contribution in [1.82, 2.24) is 5.32 Å². The summed E-state index contributed by atoms with van der Waals surface area (Å²) in [4.78, 5) is 0. The molecule has 0 fully saturated rings. The van der Waals surface area contributed by atoms with E-state index in [1.807, 2.05) is 0 Å². The van der Waals surface area contributed by atoms with Crippen LogP contribution in [0, 0.1) is 11.6 Å². The Kier molecular flexibility index (Phi) is 5.21. The van der Waals surface area contributed by atoms with Crippen LogP contribution in [-0.4, -0.2) is 7.05 Å². The zero-order chi connectivity index (χ0) is 9.14. The Hall–Kier alpha value is -0.380. The van der Waals surface area contributed by atoms with Gasteiger partial charge in [0, 0.05) is 12.1 Å². The van der Waals surface area contributed by atoms with Crippen molar-refractivity contribution in [3.05, 3.63) is 34.4 Å². The molecule has 1 aromatic carbocycles. The van der Waals surface area contributed by atoms with Gasteiger partial charge in [-0.25, -0.2) is 8.78 Å². The van der Waals surface area contributed by atoms with Crippen molar-refractivity contribution in [2.45, 2.75) is 6.54 Å². The monoisotopic (exact) mass is 227 g/mol. The van der Waals surface area contributed by atoms with Gasteiger partial charge in [0.1, 0.15) is 16.7 Å². The summed E-state index contributed by atoms with van der Waals surface area (Å²) < 4.78 is 25.6. The van der Waals surface area contributed by atoms with Gasteiger partial charge in [0.25, 0.3) is 0 Å². The van der Waals surface area contributed by atoms with Gasteiger partial charge in [0.15, 0.2) is 0 Å². The Labute approximate surface area is 86.5 Å². The molecule has 0 saturated heterocycles. The van der Waals surface area contributed by atoms with Crippen LogP contribution in [0.2, 0.25) is 5.02 Å². The lowest BCUT2D eigenvalue weighted by Crippen LogP contribution is -2.07. The summed E-state index contributed by atoms with van der Waals surface area (Å²) in [5.74, 6) is -1.42. The average molecular weight is 228 g/mol. The van der Waals surface area contributed by atoms with Crippen LogP contribution in [0.1, 0.15) is 5.56 Å². The normalized spacial score (nSPS) is 9.54. The van der Waals surface area contributed by atoms with Gasteiger partial charge in [-0.3, -0.25) is 0 Å². The second-order valence-electron chi connectivity index (χ2n) is 2.36. The van der Waals surface area contributed by atoms with Gasteiger partial charge in [-0.1, -0.05) is 17.7 Å². The maximum Gasteiger partial charge on any atom is 0.149 e. The molecule has 0 bridgehead atoms. The molecular weight excluding hydrogens is 219 g/mol. The van der Waals surface area contributed by atoms with E-state index in [9.17, 15) is 8.78 Å². The molecule has 0 saturated carbocycles. The molecule has 0 radical (unpaired) electrons. The maximum atomic E-state index is 13.0. The quantitative estimate of drug-likeness (QED) is 0.767. The Balaban J connectivity index is 0.00000144. The van der Waals surface area contributed by atoms with E-state index in [0.29, 0.717) is 12.1 Å². The SMILES string of the molecule is CNCc1ccc(F)c(Cl)c1F.Cl. The highest BCUT2D eigenvalue weighted by Gasteiger charge is 2.09. The van der Waals surface area contributed by atoms with Crippen molar-refractivity contribution < 1.29 is 8.78 Å². The highest BCUT2D eigenvalue weighted by Crippen LogP contribution is 2.21. The van der Waals surface area contributed by atoms with Crippen molar-refractivity contribution in [1.29, 1.82) is 0 Å². The van der Waals surface area contributed by atoms with Crippen molar-refractivity contribution in [3.8, 4) is 0 Å². The summed E-state index contributed by atoms with van der Waals surface area (Å²) in [5, 5.41) is 2.31. The second kappa shape index (κ2) is 5.37. The van der Waals surface area contributed by atoms with Crippen LogP contribution in [0.5, 0.6) is 0 Å². The Morgan fingerprint density at radius 2 is 2.00 bits per heavy atom. The molecule has 0 heterocycles. The molecule has 0 unspecified atom stereocenters. The third kappa shape index (κ3) is 2.79. The van der Waals surface area contributed by atoms with Crippen molar-refractivity contribution in [2.75, 3.05) is 7.05 Å². The van der Waals surface area contributed by atoms with Crippen LogP contribution in [0.3, 0.4) is 0 Å². The topological polar surface area (TPSA) is 12.0 Å². The predicted octanol–water partition coefficient (Wildman–Crippen LogP) is 2.76. The van der Waals surface area contributed by atoms with E-state index >= 15 is 0 Å². The highest BCUT2D eigenvalue weighted by molar-refractivity contribution is 6.30. The fraction of sp³-hybridized carbons (Fsp3) is 0.250. The second-order valence-corrected chi connectivity index (χ2v) is 2.74. The van der Waals surface area contributed by atoms with Crippen LogP contribution in [-0.2, 0) is 6.54 Å². The Morgan fingerprint density at radius 1 is 1.38 bits per heavy atom. The van der Waals surface area contributed by atoms with E-state index in [2.05, 4.69) is 5.32 Å². The van der Waals surface area contributed by atoms with Crippen LogP contribution in [0.4, 0.5) is 8.78 Å². The summed E-state index contributed by atoms with van der Waals surface area (Å²) in [5.41, 5.74) is 0.365. The van der Waals surface area contributed by atoms with Gasteiger partial charge >= 0.3 is 0 Å². The first-order valence-electron chi connectivity index (χ1n) is 3.43. The molecule has 0 aliphatic heterocycles. The van der Waals surface area contributed by atoms with Gasteiger partial charge in [-0.05, 0) is 13.1 Å². The lowest BCUT2D eigenvalue weighted by atomic mass is 10.2. The van der Waals surface area contributed by atoms with Crippen molar-refractivity contribution in [2.24, 2.45) is 0 Å². The first kappa shape index (κ1) is 12.6. The van der Waals surface area contributed by atoms with E-state index in [1.54, 1.807) is 7.05 Å². The molecule has 0 spiro atoms. The molecule has 0 aliphatic carbocycles. The molecule has 0 aromatic heterocycles. The zero-order valence-corrected chi connectivity index (χ0v) is 8.48. The minimum atomic E-state index is -0.728. The number of benzene rings is 1. The number of halogens is 4. The fourth-order valence-electron chi connectivity index (χ4n) is 0.893. The number of rotatable bonds is 2. The third-order valence-corrected chi connectivity index (χ3v) is 1.83. The standard InChI is InChI=1S/C8H8ClF2N.ClH/c1-12-4-5-2-3-6(10)7(9)8(5)11;/h2-3,12H,4H2,1H3;1H. The van der Waals surface area contributed by atoms with E-state index < -0.39 is 16.7 Å². The molecule has 13 heavy (non-hydrogen) atoms. The molecule has 1 nitrogen and oxygen atoms in total. The third-order valence-electron chi connectivity index (χ3n) is 1.48. The van der Waals surface area contributed by atoms with Gasteiger partial charge in [0.05, 0.1) is 0 Å². The molecule has 1 aromatic rings. The Morgan fingerprint density at radius 3 is 2.54 bits per heavy atom. The number of nitrogens with one attached hydrogen (secondary N) is 1. The summed E-state index contributed by atoms with van der Waals surface area (Å²) in [7, 11) is 1.68. The summed E-state index contributed by atoms with van der Waals surface area (Å²) in [6.45, 7) is 0.339. The molecule has 1 rings (SSSR count). The summed E-state index contributed by atoms with van der Waals surface area (Å²) >= 11 is 5.34. The van der Waals surface area contributed by atoms with Gasteiger partial charge in [-0.15, -0.1) is 12.4 Å². The predicted molar refractivity (Wildman–Crippen MR) is 51.4 cm³/mol. The molecule has 0 atom stereocenters. The number of hydrogen-bond acceptors (Lipinski definition) is 1. The summed E-state index contributed by atoms with van der Waals surface area (Å²) in [6, 6.07) is 2.52. The van der Waals surface area contributed by atoms with Crippen LogP contribution >= 0.6 is 24.0 Å². The van der Waals surface area contributed by atoms with Crippen LogP contribution < -0.4 is 5.32 Å². The largest absolute Gasteiger partial charge is 0.316 e. The van der Waals surface area contributed by atoms with E-state index in [0.717, 1.165) is 6.07 Å². The molecular formula is C8H9Cl2F2N. The van der Waals surface area contributed by atoms with E-state index in [-0.39, 0.29) is 12.4 Å². The van der Waals surface area contributed by atoms with Gasteiger partial charge < -0.3 is 5.32 Å². The van der Waals surface area contributed by atoms with Crippen molar-refractivity contribution in [3.63, 3.8) is 0 Å². The van der Waals surface area contributed by atoms with E-state index in [4.69, 9.17) is 11.6 Å². The van der Waals surface area contributed by atoms with Crippen LogP contribution in [0.25, 0.3) is 0 Å². The molecule has 0 amide bonds. The fourth-order valence-corrected chi connectivity index (χ4v) is 1.08. The lowest BCUT2D eigenvalue weighted by molar-refractivity contribution is 0.568. The average Bonchev–Trinajstić information content (AvgIpc) is 2.07. The minimum absolute atomic E-state index is 0. The zero-order valence-electron chi connectivity index (χ0n) is 6.90. The first-order chi connectivity index (χ1) is 5.66.